The van der Waals surface area contributed by atoms with Crippen molar-refractivity contribution < 1.29 is 22.4 Å². The summed E-state index contributed by atoms with van der Waals surface area (Å²) >= 11 is 0. The number of nitrogens with one attached hydrogen (secondary N) is 1. The number of carbonyl (C=O) groups is 2. The average molecular weight is 492 g/mol. The fourth-order valence-corrected chi connectivity index (χ4v) is 4.61. The van der Waals surface area contributed by atoms with Gasteiger partial charge in [-0.1, -0.05) is 44.2 Å². The number of amides is 2. The van der Waals surface area contributed by atoms with Gasteiger partial charge in [0.05, 0.1) is 11.9 Å². The quantitative estimate of drug-likeness (QED) is 0.521. The summed E-state index contributed by atoms with van der Waals surface area (Å²) in [4.78, 5) is 27.9. The Morgan fingerprint density at radius 1 is 1.03 bits per heavy atom. The van der Waals surface area contributed by atoms with Gasteiger partial charge in [0.1, 0.15) is 18.4 Å². The number of halogens is 1. The molecular weight excluding hydrogens is 457 g/mol. The number of benzene rings is 2. The van der Waals surface area contributed by atoms with E-state index in [0.717, 1.165) is 16.1 Å². The fraction of sp³-hybridized carbons (Fsp3) is 0.440. The SMILES string of the molecule is CCc1ccccc1N(CC(=O)N(Cc1ccc(F)cc1)C(CC)C(=O)NC(C)C)S(C)(=O)=O. The van der Waals surface area contributed by atoms with Crippen molar-refractivity contribution in [2.24, 2.45) is 0 Å². The topological polar surface area (TPSA) is 86.8 Å². The molecule has 34 heavy (non-hydrogen) atoms. The van der Waals surface area contributed by atoms with E-state index in [1.807, 2.05) is 32.9 Å². The summed E-state index contributed by atoms with van der Waals surface area (Å²) in [5.74, 6) is -1.26. The molecule has 186 valence electrons. The molecule has 0 aliphatic rings. The molecule has 0 fully saturated rings. The van der Waals surface area contributed by atoms with Crippen LogP contribution in [0.25, 0.3) is 0 Å². The Hall–Kier alpha value is -2.94. The summed E-state index contributed by atoms with van der Waals surface area (Å²) < 4.78 is 39.9. The van der Waals surface area contributed by atoms with Gasteiger partial charge in [-0.15, -0.1) is 0 Å². The summed E-state index contributed by atoms with van der Waals surface area (Å²) in [6.45, 7) is 6.92. The monoisotopic (exact) mass is 491 g/mol. The van der Waals surface area contributed by atoms with Crippen molar-refractivity contribution in [2.75, 3.05) is 17.1 Å². The molecule has 0 saturated heterocycles. The highest BCUT2D eigenvalue weighted by Gasteiger charge is 2.32. The maximum Gasteiger partial charge on any atom is 0.244 e. The molecule has 1 atom stereocenters. The van der Waals surface area contributed by atoms with Gasteiger partial charge in [0, 0.05) is 12.6 Å². The van der Waals surface area contributed by atoms with Crippen molar-refractivity contribution in [1.82, 2.24) is 10.2 Å². The van der Waals surface area contributed by atoms with Crippen molar-refractivity contribution in [3.63, 3.8) is 0 Å². The fourth-order valence-electron chi connectivity index (χ4n) is 3.73. The molecule has 7 nitrogen and oxygen atoms in total. The molecule has 0 aromatic heterocycles. The number of sulfonamides is 1. The van der Waals surface area contributed by atoms with Gasteiger partial charge in [-0.05, 0) is 56.0 Å². The molecule has 2 amide bonds. The number of hydrogen-bond acceptors (Lipinski definition) is 4. The van der Waals surface area contributed by atoms with E-state index in [4.69, 9.17) is 0 Å². The first-order valence-corrected chi connectivity index (χ1v) is 13.2. The van der Waals surface area contributed by atoms with E-state index < -0.39 is 34.3 Å². The van der Waals surface area contributed by atoms with E-state index in [-0.39, 0.29) is 18.5 Å². The van der Waals surface area contributed by atoms with Gasteiger partial charge in [-0.3, -0.25) is 13.9 Å². The normalized spacial score (nSPS) is 12.3. The molecule has 1 unspecified atom stereocenters. The largest absolute Gasteiger partial charge is 0.352 e. The standard InChI is InChI=1S/C25H34FN3O4S/c1-6-20-10-8-9-11-23(20)29(34(5,32)33)17-24(30)28(16-19-12-14-21(26)15-13-19)22(7-2)25(31)27-18(3)4/h8-15,18,22H,6-7,16-17H2,1-5H3,(H,27,31). The second-order valence-electron chi connectivity index (χ2n) is 8.49. The molecule has 0 bridgehead atoms. The van der Waals surface area contributed by atoms with Crippen LogP contribution >= 0.6 is 0 Å². The lowest BCUT2D eigenvalue weighted by atomic mass is 10.1. The number of hydrogen-bond donors (Lipinski definition) is 1. The molecule has 0 spiro atoms. The van der Waals surface area contributed by atoms with E-state index in [2.05, 4.69) is 5.32 Å². The molecule has 0 aliphatic heterocycles. The third-order valence-corrected chi connectivity index (χ3v) is 6.53. The predicted molar refractivity (Wildman–Crippen MR) is 132 cm³/mol. The minimum Gasteiger partial charge on any atom is -0.352 e. The highest BCUT2D eigenvalue weighted by atomic mass is 32.2. The van der Waals surface area contributed by atoms with Crippen LogP contribution in [0, 0.1) is 5.82 Å². The predicted octanol–water partition coefficient (Wildman–Crippen LogP) is 3.49. The van der Waals surface area contributed by atoms with Crippen molar-refractivity contribution >= 4 is 27.5 Å². The van der Waals surface area contributed by atoms with Crippen LogP contribution in [0.2, 0.25) is 0 Å². The lowest BCUT2D eigenvalue weighted by Crippen LogP contribution is -2.53. The zero-order valence-corrected chi connectivity index (χ0v) is 21.2. The number of carbonyl (C=O) groups excluding carboxylic acids is 2. The van der Waals surface area contributed by atoms with Gasteiger partial charge in [0.2, 0.25) is 21.8 Å². The second-order valence-corrected chi connectivity index (χ2v) is 10.4. The minimum absolute atomic E-state index is 0.0379. The van der Waals surface area contributed by atoms with Crippen LogP contribution in [0.1, 0.15) is 45.2 Å². The third kappa shape index (κ3) is 7.28. The van der Waals surface area contributed by atoms with Gasteiger partial charge in [0.25, 0.3) is 0 Å². The van der Waals surface area contributed by atoms with Crippen LogP contribution < -0.4 is 9.62 Å². The first-order chi connectivity index (χ1) is 16.0. The molecule has 0 saturated carbocycles. The summed E-state index contributed by atoms with van der Waals surface area (Å²) in [6.07, 6.45) is 1.97. The Bertz CT molecular complexity index is 1090. The number of para-hydroxylation sites is 1. The van der Waals surface area contributed by atoms with Crippen LogP contribution in [0.3, 0.4) is 0 Å². The van der Waals surface area contributed by atoms with Gasteiger partial charge >= 0.3 is 0 Å². The van der Waals surface area contributed by atoms with Crippen molar-refractivity contribution in [3.05, 3.63) is 65.5 Å². The third-order valence-electron chi connectivity index (χ3n) is 5.40. The van der Waals surface area contributed by atoms with Crippen LogP contribution in [-0.4, -0.2) is 50.0 Å². The highest BCUT2D eigenvalue weighted by molar-refractivity contribution is 7.92. The molecular formula is C25H34FN3O4S. The molecule has 2 aromatic rings. The molecule has 9 heteroatoms. The first-order valence-electron chi connectivity index (χ1n) is 11.4. The lowest BCUT2D eigenvalue weighted by Gasteiger charge is -2.33. The van der Waals surface area contributed by atoms with Crippen LogP contribution in [0.15, 0.2) is 48.5 Å². The Kier molecular flexibility index (Phi) is 9.61. The van der Waals surface area contributed by atoms with Crippen molar-refractivity contribution in [2.45, 2.75) is 59.2 Å². The van der Waals surface area contributed by atoms with Crippen molar-refractivity contribution in [1.29, 1.82) is 0 Å². The van der Waals surface area contributed by atoms with Crippen LogP contribution in [0.5, 0.6) is 0 Å². The van der Waals surface area contributed by atoms with Crippen LogP contribution in [-0.2, 0) is 32.6 Å². The summed E-state index contributed by atoms with van der Waals surface area (Å²) in [5.41, 5.74) is 1.85. The number of aryl methyl sites for hydroxylation is 1. The minimum atomic E-state index is -3.79. The summed E-state index contributed by atoms with van der Waals surface area (Å²) in [5, 5.41) is 2.83. The number of nitrogens with zero attached hydrogens (tertiary/aromatic N) is 2. The molecule has 0 aliphatic carbocycles. The van der Waals surface area contributed by atoms with Gasteiger partial charge < -0.3 is 10.2 Å². The summed E-state index contributed by atoms with van der Waals surface area (Å²) in [7, 11) is -3.79. The van der Waals surface area contributed by atoms with E-state index in [0.29, 0.717) is 24.1 Å². The van der Waals surface area contributed by atoms with E-state index in [9.17, 15) is 22.4 Å². The Morgan fingerprint density at radius 2 is 1.65 bits per heavy atom. The molecule has 0 heterocycles. The Labute approximate surface area is 202 Å². The van der Waals surface area contributed by atoms with Gasteiger partial charge in [-0.25, -0.2) is 12.8 Å². The maximum atomic E-state index is 13.6. The smallest absolute Gasteiger partial charge is 0.244 e. The Balaban J connectivity index is 2.47. The van der Waals surface area contributed by atoms with Crippen LogP contribution in [0.4, 0.5) is 10.1 Å². The highest BCUT2D eigenvalue weighted by Crippen LogP contribution is 2.24. The van der Waals surface area contributed by atoms with Gasteiger partial charge in [-0.2, -0.15) is 0 Å². The maximum absolute atomic E-state index is 13.6. The number of rotatable bonds is 11. The summed E-state index contributed by atoms with van der Waals surface area (Å²) in [6, 6.07) is 11.7. The molecule has 0 radical (unpaired) electrons. The average Bonchev–Trinajstić information content (AvgIpc) is 2.77. The first kappa shape index (κ1) is 27.3. The van der Waals surface area contributed by atoms with E-state index >= 15 is 0 Å². The van der Waals surface area contributed by atoms with Gasteiger partial charge in [0.15, 0.2) is 0 Å². The zero-order chi connectivity index (χ0) is 25.5. The Morgan fingerprint density at radius 3 is 2.18 bits per heavy atom. The molecule has 2 rings (SSSR count). The molecule has 2 aromatic carbocycles. The molecule has 1 N–H and O–H groups in total. The van der Waals surface area contributed by atoms with E-state index in [1.165, 1.54) is 17.0 Å². The van der Waals surface area contributed by atoms with E-state index in [1.54, 1.807) is 31.2 Å². The van der Waals surface area contributed by atoms with Crippen molar-refractivity contribution in [3.8, 4) is 0 Å². The second kappa shape index (κ2) is 12.0. The number of anilines is 1. The zero-order valence-electron chi connectivity index (χ0n) is 20.4. The lowest BCUT2D eigenvalue weighted by molar-refractivity contribution is -0.140.